The Hall–Kier alpha value is -1.80. The van der Waals surface area contributed by atoms with Crippen molar-refractivity contribution in [1.82, 2.24) is 0 Å². The first-order valence-electron chi connectivity index (χ1n) is 21.5. The zero-order valence-electron chi connectivity index (χ0n) is 35.4. The molecule has 0 bridgehead atoms. The summed E-state index contributed by atoms with van der Waals surface area (Å²) in [5.74, 6) is -0.339. The lowest BCUT2D eigenvalue weighted by Gasteiger charge is -2.24. The number of likely N-dealkylation sites (N-methyl/N-ethyl adjacent to an activating group) is 1. The monoisotopic (exact) mass is 781 g/mol. The number of nitrogens with zero attached hydrogens (tertiary/aromatic N) is 1. The van der Waals surface area contributed by atoms with Crippen molar-refractivity contribution in [1.29, 1.82) is 0 Å². The van der Waals surface area contributed by atoms with Gasteiger partial charge in [0.05, 0.1) is 34.4 Å². The molecule has 0 heterocycles. The van der Waals surface area contributed by atoms with Gasteiger partial charge in [-0.3, -0.25) is 13.8 Å². The minimum atomic E-state index is -4.29. The SMILES string of the molecule is CC/C=C\C/C=C\C/C=C\C/C=C\CCCOCC(COP(=O)(O)OCC[N+](C)(C)C)OC(=O)CCCCCCCCC/C=C\CCCCCCCCC. The summed E-state index contributed by atoms with van der Waals surface area (Å²) in [6.07, 6.45) is 47.0. The van der Waals surface area contributed by atoms with Gasteiger partial charge in [-0.2, -0.15) is 0 Å². The minimum absolute atomic E-state index is 0.0753. The molecule has 0 radical (unpaired) electrons. The lowest BCUT2D eigenvalue weighted by molar-refractivity contribution is -0.870. The topological polar surface area (TPSA) is 91.3 Å². The fourth-order valence-electron chi connectivity index (χ4n) is 5.49. The molecule has 1 N–H and O–H groups in total. The van der Waals surface area contributed by atoms with Crippen LogP contribution in [-0.4, -0.2) is 75.6 Å². The van der Waals surface area contributed by atoms with E-state index in [9.17, 15) is 14.3 Å². The molecule has 0 aromatic carbocycles. The van der Waals surface area contributed by atoms with E-state index in [4.69, 9.17) is 18.5 Å². The Kier molecular flexibility index (Phi) is 36.8. The maximum atomic E-state index is 12.7. The second-order valence-corrected chi connectivity index (χ2v) is 16.8. The Morgan fingerprint density at radius 2 is 1.07 bits per heavy atom. The molecule has 9 heteroatoms. The van der Waals surface area contributed by atoms with Gasteiger partial charge < -0.3 is 18.9 Å². The van der Waals surface area contributed by atoms with Crippen LogP contribution in [0, 0.1) is 0 Å². The van der Waals surface area contributed by atoms with Crippen molar-refractivity contribution >= 4 is 13.8 Å². The van der Waals surface area contributed by atoms with Gasteiger partial charge in [0.1, 0.15) is 19.3 Å². The Bertz CT molecular complexity index is 1050. The Balaban J connectivity index is 4.32. The maximum absolute atomic E-state index is 12.7. The molecule has 8 nitrogen and oxygen atoms in total. The third-order valence-corrected chi connectivity index (χ3v) is 9.80. The molecule has 2 unspecified atom stereocenters. The maximum Gasteiger partial charge on any atom is 0.472 e. The molecule has 314 valence electrons. The second kappa shape index (κ2) is 38.1. The van der Waals surface area contributed by atoms with Gasteiger partial charge in [0.25, 0.3) is 0 Å². The molecule has 0 saturated carbocycles. The quantitative estimate of drug-likeness (QED) is 0.0218. The highest BCUT2D eigenvalue weighted by Crippen LogP contribution is 2.43. The number of carbonyl (C=O) groups excluding carboxylic acids is 1. The normalized spacial score (nSPS) is 14.4. The second-order valence-electron chi connectivity index (χ2n) is 15.3. The highest BCUT2D eigenvalue weighted by molar-refractivity contribution is 7.47. The number of carbonyl (C=O) groups is 1. The summed E-state index contributed by atoms with van der Waals surface area (Å²) in [6.45, 7) is 5.34. The van der Waals surface area contributed by atoms with Crippen LogP contribution in [0.25, 0.3) is 0 Å². The lowest BCUT2D eigenvalue weighted by atomic mass is 10.1. The average Bonchev–Trinajstić information content (AvgIpc) is 3.12. The molecule has 0 aliphatic rings. The van der Waals surface area contributed by atoms with Crippen LogP contribution in [0.15, 0.2) is 60.8 Å². The molecule has 54 heavy (non-hydrogen) atoms. The van der Waals surface area contributed by atoms with Gasteiger partial charge in [0.15, 0.2) is 0 Å². The van der Waals surface area contributed by atoms with E-state index in [1.807, 2.05) is 21.1 Å². The molecule has 0 saturated heterocycles. The van der Waals surface area contributed by atoms with E-state index in [0.717, 1.165) is 57.8 Å². The van der Waals surface area contributed by atoms with E-state index in [2.05, 4.69) is 74.6 Å². The Morgan fingerprint density at radius 3 is 1.63 bits per heavy atom. The fraction of sp³-hybridized carbons (Fsp3) is 0.756. The molecule has 0 aromatic rings. The van der Waals surface area contributed by atoms with Crippen LogP contribution in [0.5, 0.6) is 0 Å². The molecule has 2 atom stereocenters. The lowest BCUT2D eigenvalue weighted by Crippen LogP contribution is -2.37. The van der Waals surface area contributed by atoms with Crippen LogP contribution >= 0.6 is 7.82 Å². The van der Waals surface area contributed by atoms with Gasteiger partial charge in [-0.05, 0) is 70.6 Å². The van der Waals surface area contributed by atoms with Crippen molar-refractivity contribution in [3.63, 3.8) is 0 Å². The highest BCUT2D eigenvalue weighted by atomic mass is 31.2. The number of ether oxygens (including phenoxy) is 2. The fourth-order valence-corrected chi connectivity index (χ4v) is 6.23. The van der Waals surface area contributed by atoms with E-state index >= 15 is 0 Å². The average molecular weight is 781 g/mol. The van der Waals surface area contributed by atoms with E-state index in [-0.39, 0.29) is 25.8 Å². The van der Waals surface area contributed by atoms with Gasteiger partial charge in [-0.1, -0.05) is 145 Å². The number of unbranched alkanes of at least 4 members (excludes halogenated alkanes) is 15. The summed E-state index contributed by atoms with van der Waals surface area (Å²) in [5, 5.41) is 0. The molecule has 0 fully saturated rings. The number of hydrogen-bond donors (Lipinski definition) is 1. The third kappa shape index (κ3) is 41.4. The molecule has 0 aliphatic carbocycles. The summed E-state index contributed by atoms with van der Waals surface area (Å²) in [5.41, 5.74) is 0. The van der Waals surface area contributed by atoms with E-state index < -0.39 is 13.9 Å². The largest absolute Gasteiger partial charge is 0.472 e. The van der Waals surface area contributed by atoms with E-state index in [0.29, 0.717) is 24.1 Å². The summed E-state index contributed by atoms with van der Waals surface area (Å²) >= 11 is 0. The summed E-state index contributed by atoms with van der Waals surface area (Å²) in [6, 6.07) is 0. The number of allylic oxidation sites excluding steroid dienone is 10. The smallest absolute Gasteiger partial charge is 0.457 e. The number of quaternary nitrogens is 1. The number of phosphoric ester groups is 1. The van der Waals surface area contributed by atoms with Crippen molar-refractivity contribution < 1.29 is 37.3 Å². The van der Waals surface area contributed by atoms with E-state index in [1.54, 1.807) is 0 Å². The summed E-state index contributed by atoms with van der Waals surface area (Å²) < 4.78 is 34.9. The van der Waals surface area contributed by atoms with Crippen molar-refractivity contribution in [3.05, 3.63) is 60.8 Å². The molecule has 0 amide bonds. The molecular weight excluding hydrogens is 697 g/mol. The highest BCUT2D eigenvalue weighted by Gasteiger charge is 2.26. The van der Waals surface area contributed by atoms with Crippen LogP contribution in [0.3, 0.4) is 0 Å². The van der Waals surface area contributed by atoms with Crippen molar-refractivity contribution in [2.24, 2.45) is 0 Å². The zero-order chi connectivity index (χ0) is 39.9. The minimum Gasteiger partial charge on any atom is -0.457 e. The predicted molar refractivity (Wildman–Crippen MR) is 229 cm³/mol. The predicted octanol–water partition coefficient (Wildman–Crippen LogP) is 12.5. The number of phosphoric acid groups is 1. The molecule has 0 spiro atoms. The van der Waals surface area contributed by atoms with Gasteiger partial charge >= 0.3 is 13.8 Å². The van der Waals surface area contributed by atoms with Crippen molar-refractivity contribution in [2.75, 3.05) is 54.1 Å². The van der Waals surface area contributed by atoms with Crippen LogP contribution in [0.4, 0.5) is 0 Å². The number of hydrogen-bond acceptors (Lipinski definition) is 6. The molecule has 0 aromatic heterocycles. The van der Waals surface area contributed by atoms with Gasteiger partial charge in [-0.15, -0.1) is 0 Å². The first-order valence-corrected chi connectivity index (χ1v) is 23.0. The number of rotatable bonds is 39. The Morgan fingerprint density at radius 1 is 0.593 bits per heavy atom. The molecule has 0 aliphatic heterocycles. The Labute approximate surface area is 332 Å². The zero-order valence-corrected chi connectivity index (χ0v) is 36.3. The van der Waals surface area contributed by atoms with Crippen molar-refractivity contribution in [2.45, 2.75) is 168 Å². The van der Waals surface area contributed by atoms with Gasteiger partial charge in [0, 0.05) is 13.0 Å². The summed E-state index contributed by atoms with van der Waals surface area (Å²) in [4.78, 5) is 22.9. The van der Waals surface area contributed by atoms with E-state index in [1.165, 1.54) is 83.5 Å². The van der Waals surface area contributed by atoms with Crippen LogP contribution < -0.4 is 0 Å². The van der Waals surface area contributed by atoms with Crippen LogP contribution in [0.1, 0.15) is 162 Å². The van der Waals surface area contributed by atoms with Gasteiger partial charge in [-0.25, -0.2) is 4.57 Å². The first-order chi connectivity index (χ1) is 26.1. The third-order valence-electron chi connectivity index (χ3n) is 8.81. The van der Waals surface area contributed by atoms with Crippen molar-refractivity contribution in [3.8, 4) is 0 Å². The van der Waals surface area contributed by atoms with Crippen LogP contribution in [0.2, 0.25) is 0 Å². The standard InChI is InChI=1S/C45H82NO7P/c1-6-8-10-12-14-16-18-20-22-23-24-25-26-28-30-32-34-36-38-45(47)53-44(43-52-54(48,49)51-41-39-46(3,4)5)42-50-40-37-35-33-31-29-27-21-19-17-15-13-11-9-7-2/h9,11,15,17,21-23,27,31,33,44H,6-8,10,12-14,16,18-20,24-26,28-30,32,34-43H2,1-5H3/p+1/b11-9-,17-15-,23-22-,27-21-,33-31-. The van der Waals surface area contributed by atoms with Gasteiger partial charge in [0.2, 0.25) is 0 Å². The molecular formula is C45H83NO7P+. The first kappa shape index (κ1) is 52.2. The molecule has 0 rings (SSSR count). The summed E-state index contributed by atoms with van der Waals surface area (Å²) in [7, 11) is 1.62. The van der Waals surface area contributed by atoms with Crippen LogP contribution in [-0.2, 0) is 27.9 Å². The number of esters is 1.